The third-order valence-electron chi connectivity index (χ3n) is 5.87. The zero-order chi connectivity index (χ0) is 20.5. The van der Waals surface area contributed by atoms with Crippen molar-refractivity contribution < 1.29 is 10.0 Å². The van der Waals surface area contributed by atoms with Gasteiger partial charge >= 0.3 is 0 Å². The molecule has 6 heteroatoms. The number of hydroxylamine groups is 2. The molecule has 0 bridgehead atoms. The summed E-state index contributed by atoms with van der Waals surface area (Å²) in [6, 6.07) is 11.3. The molecule has 5 rings (SSSR count). The minimum absolute atomic E-state index is 0.0717. The van der Waals surface area contributed by atoms with E-state index in [1.54, 1.807) is 12.4 Å². The number of nitrogens with zero attached hydrogens (tertiary/aromatic N) is 2. The molecule has 0 spiro atoms. The zero-order valence-corrected chi connectivity index (χ0v) is 16.6. The molecule has 3 N–H and O–H groups in total. The van der Waals surface area contributed by atoms with Crippen molar-refractivity contribution in [1.29, 1.82) is 0 Å². The van der Waals surface area contributed by atoms with Crippen LogP contribution in [0.5, 0.6) is 0 Å². The van der Waals surface area contributed by atoms with Gasteiger partial charge in [-0.1, -0.05) is 23.8 Å². The Morgan fingerprint density at radius 2 is 1.93 bits per heavy atom. The Kier molecular flexibility index (Phi) is 4.77. The molecule has 3 aliphatic rings. The minimum atomic E-state index is -0.0717. The Labute approximate surface area is 175 Å². The highest BCUT2D eigenvalue weighted by Crippen LogP contribution is 2.40. The maximum absolute atomic E-state index is 12.3. The van der Waals surface area contributed by atoms with Gasteiger partial charge in [0.1, 0.15) is 0 Å². The van der Waals surface area contributed by atoms with E-state index in [1.165, 1.54) is 16.3 Å². The fourth-order valence-electron chi connectivity index (χ4n) is 4.29. The molecule has 1 amide bonds. The predicted octanol–water partition coefficient (Wildman–Crippen LogP) is 4.12. The largest absolute Gasteiger partial charge is 0.362 e. The summed E-state index contributed by atoms with van der Waals surface area (Å²) in [5.41, 5.74) is 7.34. The summed E-state index contributed by atoms with van der Waals surface area (Å²) in [6.07, 6.45) is 13.6. The van der Waals surface area contributed by atoms with E-state index in [0.29, 0.717) is 12.1 Å². The van der Waals surface area contributed by atoms with Crippen LogP contribution in [-0.4, -0.2) is 20.7 Å². The number of amides is 1. The molecule has 2 aliphatic carbocycles. The van der Waals surface area contributed by atoms with Gasteiger partial charge in [0.2, 0.25) is 0 Å². The number of allylic oxidation sites excluding steroid dienone is 4. The lowest BCUT2D eigenvalue weighted by atomic mass is 9.85. The molecular weight excluding hydrogens is 376 g/mol. The molecule has 1 aromatic heterocycles. The molecule has 1 aromatic carbocycles. The second-order valence-electron chi connectivity index (χ2n) is 7.76. The normalized spacial score (nSPS) is 17.9. The highest BCUT2D eigenvalue weighted by atomic mass is 16.5. The van der Waals surface area contributed by atoms with Gasteiger partial charge in [0, 0.05) is 53.9 Å². The Bertz CT molecular complexity index is 1110. The van der Waals surface area contributed by atoms with Gasteiger partial charge in [-0.2, -0.15) is 0 Å². The Hall–Kier alpha value is -3.51. The number of benzene rings is 1. The van der Waals surface area contributed by atoms with Crippen molar-refractivity contribution in [2.24, 2.45) is 0 Å². The highest BCUT2D eigenvalue weighted by molar-refractivity contribution is 5.94. The highest BCUT2D eigenvalue weighted by Gasteiger charge is 2.28. The summed E-state index contributed by atoms with van der Waals surface area (Å²) >= 11 is 0. The molecule has 0 atom stereocenters. The van der Waals surface area contributed by atoms with Crippen molar-refractivity contribution in [3.63, 3.8) is 0 Å². The first kappa shape index (κ1) is 18.5. The van der Waals surface area contributed by atoms with E-state index in [0.717, 1.165) is 48.2 Å². The van der Waals surface area contributed by atoms with Crippen LogP contribution in [0.2, 0.25) is 0 Å². The van der Waals surface area contributed by atoms with E-state index >= 15 is 0 Å². The van der Waals surface area contributed by atoms with E-state index in [4.69, 9.17) is 0 Å². The fraction of sp³-hybridized carbons (Fsp3) is 0.208. The lowest BCUT2D eigenvalue weighted by Gasteiger charge is -2.33. The summed E-state index contributed by atoms with van der Waals surface area (Å²) < 4.78 is 2.12. The van der Waals surface area contributed by atoms with E-state index in [2.05, 4.69) is 27.5 Å². The Balaban J connectivity index is 1.32. The van der Waals surface area contributed by atoms with Gasteiger partial charge < -0.3 is 15.2 Å². The zero-order valence-electron chi connectivity index (χ0n) is 16.6. The van der Waals surface area contributed by atoms with Crippen LogP contribution in [0.1, 0.15) is 41.6 Å². The van der Waals surface area contributed by atoms with Crippen molar-refractivity contribution in [1.82, 2.24) is 20.3 Å². The topological polar surface area (TPSA) is 69.5 Å². The van der Waals surface area contributed by atoms with Gasteiger partial charge in [-0.3, -0.25) is 10.0 Å². The second kappa shape index (κ2) is 7.72. The number of carbonyl (C=O) groups is 1. The van der Waals surface area contributed by atoms with E-state index in [-0.39, 0.29) is 5.91 Å². The molecule has 1 aliphatic heterocycles. The molecule has 152 valence electrons. The van der Waals surface area contributed by atoms with E-state index < -0.39 is 0 Å². The number of rotatable bonds is 4. The molecule has 2 heterocycles. The summed E-state index contributed by atoms with van der Waals surface area (Å²) in [6.45, 7) is 0.483. The average molecular weight is 400 g/mol. The van der Waals surface area contributed by atoms with Crippen LogP contribution in [-0.2, 0) is 6.54 Å². The van der Waals surface area contributed by atoms with Crippen LogP contribution in [0.15, 0.2) is 89.8 Å². The van der Waals surface area contributed by atoms with Crippen LogP contribution in [0.3, 0.4) is 0 Å². The van der Waals surface area contributed by atoms with Crippen molar-refractivity contribution in [3.8, 4) is 0 Å². The average Bonchev–Trinajstić information content (AvgIpc) is 3.26. The molecule has 0 saturated heterocycles. The lowest BCUT2D eigenvalue weighted by Crippen LogP contribution is -2.28. The van der Waals surface area contributed by atoms with Crippen LogP contribution in [0.4, 0.5) is 0 Å². The van der Waals surface area contributed by atoms with E-state index in [9.17, 15) is 10.0 Å². The third kappa shape index (κ3) is 3.46. The van der Waals surface area contributed by atoms with E-state index in [1.807, 2.05) is 42.6 Å². The fourth-order valence-corrected chi connectivity index (χ4v) is 4.29. The number of hydrogen-bond donors (Lipinski definition) is 3. The summed E-state index contributed by atoms with van der Waals surface area (Å²) in [5, 5.41) is 17.8. The van der Waals surface area contributed by atoms with Crippen molar-refractivity contribution in [3.05, 3.63) is 101 Å². The van der Waals surface area contributed by atoms with Crippen molar-refractivity contribution in [2.75, 3.05) is 0 Å². The first-order valence-corrected chi connectivity index (χ1v) is 10.3. The second-order valence-corrected chi connectivity index (χ2v) is 7.76. The maximum Gasteiger partial charge on any atom is 0.251 e. The lowest BCUT2D eigenvalue weighted by molar-refractivity contribution is -0.00555. The SMILES string of the molecule is O=C(NCc1ccn(C2=CC3=C(CC2)CCC2=C3N(O)C=CN2)c1)c1ccccc1. The Morgan fingerprint density at radius 1 is 1.10 bits per heavy atom. The van der Waals surface area contributed by atoms with Gasteiger partial charge in [-0.25, -0.2) is 5.06 Å². The van der Waals surface area contributed by atoms with Crippen LogP contribution in [0, 0.1) is 0 Å². The monoisotopic (exact) mass is 400 g/mol. The predicted molar refractivity (Wildman–Crippen MR) is 115 cm³/mol. The number of hydrogen-bond acceptors (Lipinski definition) is 4. The molecular formula is C24H24N4O2. The molecule has 0 unspecified atom stereocenters. The molecule has 6 nitrogen and oxygen atoms in total. The number of nitrogens with one attached hydrogen (secondary N) is 2. The van der Waals surface area contributed by atoms with Gasteiger partial charge in [0.25, 0.3) is 5.91 Å². The van der Waals surface area contributed by atoms with Crippen LogP contribution < -0.4 is 10.6 Å². The third-order valence-corrected chi connectivity index (χ3v) is 5.87. The van der Waals surface area contributed by atoms with Gasteiger partial charge in [-0.15, -0.1) is 0 Å². The Morgan fingerprint density at radius 3 is 2.80 bits per heavy atom. The van der Waals surface area contributed by atoms with Crippen LogP contribution >= 0.6 is 0 Å². The molecule has 0 fully saturated rings. The first-order valence-electron chi connectivity index (χ1n) is 10.3. The molecule has 0 saturated carbocycles. The standard InChI is InChI=1S/C24H24N4O2/c29-24(19-4-2-1-3-5-19)26-15-17-10-12-27(16-17)20-8-6-18-7-9-22-23(21(18)14-20)28(30)13-11-25-22/h1-5,10-14,16,25,30H,6-9,15H2,(H,26,29). The number of aromatic nitrogens is 1. The van der Waals surface area contributed by atoms with Crippen molar-refractivity contribution >= 4 is 11.6 Å². The first-order chi connectivity index (χ1) is 14.7. The smallest absolute Gasteiger partial charge is 0.251 e. The summed E-state index contributed by atoms with van der Waals surface area (Å²) in [5.74, 6) is -0.0717. The quantitative estimate of drug-likeness (QED) is 0.722. The number of fused-ring (bicyclic) bond motifs is 1. The number of carbonyl (C=O) groups excluding carboxylic acids is 1. The van der Waals surface area contributed by atoms with Crippen molar-refractivity contribution in [2.45, 2.75) is 32.2 Å². The van der Waals surface area contributed by atoms with Gasteiger partial charge in [0.15, 0.2) is 0 Å². The summed E-state index contributed by atoms with van der Waals surface area (Å²) in [7, 11) is 0. The minimum Gasteiger partial charge on any atom is -0.362 e. The van der Waals surface area contributed by atoms with Gasteiger partial charge in [-0.05, 0) is 55.5 Å². The summed E-state index contributed by atoms with van der Waals surface area (Å²) in [4.78, 5) is 12.3. The van der Waals surface area contributed by atoms with Crippen LogP contribution in [0.25, 0.3) is 5.70 Å². The molecule has 30 heavy (non-hydrogen) atoms. The molecule has 0 radical (unpaired) electrons. The molecule has 2 aromatic rings. The maximum atomic E-state index is 12.3. The van der Waals surface area contributed by atoms with Gasteiger partial charge in [0.05, 0.1) is 5.70 Å².